The van der Waals surface area contributed by atoms with E-state index in [1.807, 2.05) is 6.26 Å². The molecular weight excluding hydrogens is 196 g/mol. The molecule has 0 N–H and O–H groups in total. The summed E-state index contributed by atoms with van der Waals surface area (Å²) in [7, 11) is 0. The fourth-order valence-electron chi connectivity index (χ4n) is 2.37. The van der Waals surface area contributed by atoms with Crippen LogP contribution in [-0.2, 0) is 0 Å². The second-order valence-corrected chi connectivity index (χ2v) is 5.13. The molecular formula is C15H20O. The first-order chi connectivity index (χ1) is 7.61. The zero-order valence-corrected chi connectivity index (χ0v) is 10.5. The van der Waals surface area contributed by atoms with Gasteiger partial charge in [0.2, 0.25) is 0 Å². The summed E-state index contributed by atoms with van der Waals surface area (Å²) in [4.78, 5) is 0. The average Bonchev–Trinajstić information content (AvgIpc) is 2.27. The first-order valence-electron chi connectivity index (χ1n) is 6.07. The van der Waals surface area contributed by atoms with E-state index >= 15 is 0 Å². The second-order valence-electron chi connectivity index (χ2n) is 5.13. The van der Waals surface area contributed by atoms with Crippen LogP contribution < -0.4 is 4.74 Å². The van der Waals surface area contributed by atoms with E-state index in [0.29, 0.717) is 17.8 Å². The summed E-state index contributed by atoms with van der Waals surface area (Å²) in [6.45, 7) is 9.01. The van der Waals surface area contributed by atoms with Gasteiger partial charge in [0.25, 0.3) is 0 Å². The summed E-state index contributed by atoms with van der Waals surface area (Å²) in [6.07, 6.45) is 4.01. The molecule has 1 aromatic rings. The Morgan fingerprint density at radius 3 is 2.50 bits per heavy atom. The molecule has 0 amide bonds. The van der Waals surface area contributed by atoms with Crippen molar-refractivity contribution in [1.29, 1.82) is 0 Å². The Bertz CT molecular complexity index is 402. The molecule has 16 heavy (non-hydrogen) atoms. The lowest BCUT2D eigenvalue weighted by Crippen LogP contribution is -2.13. The van der Waals surface area contributed by atoms with Crippen molar-refractivity contribution < 1.29 is 4.74 Å². The van der Waals surface area contributed by atoms with Crippen molar-refractivity contribution in [3.63, 3.8) is 0 Å². The Kier molecular flexibility index (Phi) is 3.04. The van der Waals surface area contributed by atoms with Gasteiger partial charge in [-0.05, 0) is 29.5 Å². The third-order valence-corrected chi connectivity index (χ3v) is 3.25. The monoisotopic (exact) mass is 216 g/mol. The number of benzene rings is 1. The van der Waals surface area contributed by atoms with Gasteiger partial charge in [-0.2, -0.15) is 0 Å². The molecule has 86 valence electrons. The Morgan fingerprint density at radius 1 is 1.12 bits per heavy atom. The summed E-state index contributed by atoms with van der Waals surface area (Å²) in [5.74, 6) is 2.68. The smallest absolute Gasteiger partial charge is 0.130 e. The fourth-order valence-corrected chi connectivity index (χ4v) is 2.37. The lowest BCUT2D eigenvalue weighted by Gasteiger charge is -2.27. The average molecular weight is 216 g/mol. The second kappa shape index (κ2) is 4.32. The molecule has 0 aromatic heterocycles. The van der Waals surface area contributed by atoms with Crippen LogP contribution in [0.15, 0.2) is 30.5 Å². The Balaban J connectivity index is 2.54. The number of allylic oxidation sites excluding steroid dienone is 1. The van der Waals surface area contributed by atoms with Crippen molar-refractivity contribution in [2.45, 2.75) is 39.5 Å². The lowest BCUT2D eigenvalue weighted by atomic mass is 9.81. The van der Waals surface area contributed by atoms with Crippen molar-refractivity contribution in [3.8, 4) is 5.75 Å². The molecule has 0 saturated carbocycles. The van der Waals surface area contributed by atoms with Crippen LogP contribution in [0.1, 0.15) is 50.7 Å². The molecule has 1 heteroatoms. The molecule has 1 aliphatic heterocycles. The third-order valence-electron chi connectivity index (χ3n) is 3.25. The minimum Gasteiger partial charge on any atom is -0.465 e. The van der Waals surface area contributed by atoms with Crippen molar-refractivity contribution in [1.82, 2.24) is 0 Å². The van der Waals surface area contributed by atoms with Gasteiger partial charge < -0.3 is 4.74 Å². The maximum atomic E-state index is 5.61. The van der Waals surface area contributed by atoms with Gasteiger partial charge in [0.1, 0.15) is 5.75 Å². The quantitative estimate of drug-likeness (QED) is 0.709. The molecule has 1 aromatic carbocycles. The van der Waals surface area contributed by atoms with E-state index in [0.717, 1.165) is 5.75 Å². The molecule has 0 saturated heterocycles. The van der Waals surface area contributed by atoms with Gasteiger partial charge in [-0.3, -0.25) is 0 Å². The maximum absolute atomic E-state index is 5.61. The number of hydrogen-bond donors (Lipinski definition) is 0. The molecule has 1 aliphatic rings. The highest BCUT2D eigenvalue weighted by Crippen LogP contribution is 2.40. The van der Waals surface area contributed by atoms with E-state index in [2.05, 4.69) is 52.0 Å². The highest BCUT2D eigenvalue weighted by molar-refractivity contribution is 5.48. The van der Waals surface area contributed by atoms with Crippen LogP contribution >= 0.6 is 0 Å². The van der Waals surface area contributed by atoms with Crippen LogP contribution in [0.4, 0.5) is 0 Å². The molecule has 0 aliphatic carbocycles. The highest BCUT2D eigenvalue weighted by Gasteiger charge is 2.24. The molecule has 0 spiro atoms. The van der Waals surface area contributed by atoms with Gasteiger partial charge in [0.05, 0.1) is 6.26 Å². The Morgan fingerprint density at radius 2 is 1.88 bits per heavy atom. The van der Waals surface area contributed by atoms with Gasteiger partial charge in [0, 0.05) is 11.5 Å². The fraction of sp³-hybridized carbons (Fsp3) is 0.467. The lowest BCUT2D eigenvalue weighted by molar-refractivity contribution is 0.428. The zero-order valence-electron chi connectivity index (χ0n) is 10.5. The molecule has 1 unspecified atom stereocenters. The van der Waals surface area contributed by atoms with Crippen LogP contribution in [-0.4, -0.2) is 0 Å². The molecule has 2 rings (SSSR count). The maximum Gasteiger partial charge on any atom is 0.130 e. The van der Waals surface area contributed by atoms with Crippen LogP contribution in [0.25, 0.3) is 0 Å². The first-order valence-corrected chi connectivity index (χ1v) is 6.07. The molecule has 1 heterocycles. The van der Waals surface area contributed by atoms with Crippen LogP contribution in [0.5, 0.6) is 5.75 Å². The van der Waals surface area contributed by atoms with Crippen LogP contribution in [0, 0.1) is 5.92 Å². The first kappa shape index (κ1) is 11.3. The van der Waals surface area contributed by atoms with Gasteiger partial charge >= 0.3 is 0 Å². The SMILES string of the molecule is CC(C)c1cccc2c1C(C(C)C)C=CO2. The van der Waals surface area contributed by atoms with Crippen LogP contribution in [0.2, 0.25) is 0 Å². The minimum atomic E-state index is 0.488. The summed E-state index contributed by atoms with van der Waals surface area (Å²) in [5.41, 5.74) is 2.80. The molecule has 0 bridgehead atoms. The standard InChI is InChI=1S/C15H20O/c1-10(2)12-6-5-7-14-15(12)13(11(3)4)8-9-16-14/h5-11,13H,1-4H3. The Labute approximate surface area is 98.1 Å². The minimum absolute atomic E-state index is 0.488. The van der Waals surface area contributed by atoms with E-state index in [1.165, 1.54) is 11.1 Å². The van der Waals surface area contributed by atoms with E-state index in [-0.39, 0.29) is 0 Å². The topological polar surface area (TPSA) is 9.23 Å². The summed E-state index contributed by atoms with van der Waals surface area (Å²) in [6, 6.07) is 6.38. The summed E-state index contributed by atoms with van der Waals surface area (Å²) < 4.78 is 5.61. The summed E-state index contributed by atoms with van der Waals surface area (Å²) >= 11 is 0. The normalized spacial score (nSPS) is 18.8. The van der Waals surface area contributed by atoms with Crippen molar-refractivity contribution in [2.24, 2.45) is 5.92 Å². The Hall–Kier alpha value is -1.24. The number of hydrogen-bond acceptors (Lipinski definition) is 1. The van der Waals surface area contributed by atoms with Gasteiger partial charge in [-0.1, -0.05) is 39.8 Å². The van der Waals surface area contributed by atoms with E-state index in [4.69, 9.17) is 4.74 Å². The van der Waals surface area contributed by atoms with E-state index in [9.17, 15) is 0 Å². The van der Waals surface area contributed by atoms with E-state index in [1.54, 1.807) is 0 Å². The van der Waals surface area contributed by atoms with Gasteiger partial charge in [-0.25, -0.2) is 0 Å². The van der Waals surface area contributed by atoms with Crippen molar-refractivity contribution in [2.75, 3.05) is 0 Å². The largest absolute Gasteiger partial charge is 0.465 e. The predicted octanol–water partition coefficient (Wildman–Crippen LogP) is 4.46. The number of rotatable bonds is 2. The highest BCUT2D eigenvalue weighted by atomic mass is 16.5. The molecule has 1 nitrogen and oxygen atoms in total. The molecule has 1 atom stereocenters. The van der Waals surface area contributed by atoms with Crippen molar-refractivity contribution in [3.05, 3.63) is 41.7 Å². The molecule has 0 fully saturated rings. The number of fused-ring (bicyclic) bond motifs is 1. The molecule has 0 radical (unpaired) electrons. The number of ether oxygens (including phenoxy) is 1. The van der Waals surface area contributed by atoms with Crippen molar-refractivity contribution >= 4 is 0 Å². The zero-order chi connectivity index (χ0) is 11.7. The van der Waals surface area contributed by atoms with Gasteiger partial charge in [0.15, 0.2) is 0 Å². The third kappa shape index (κ3) is 1.87. The summed E-state index contributed by atoms with van der Waals surface area (Å²) in [5, 5.41) is 0. The van der Waals surface area contributed by atoms with Gasteiger partial charge in [-0.15, -0.1) is 0 Å². The van der Waals surface area contributed by atoms with E-state index < -0.39 is 0 Å². The van der Waals surface area contributed by atoms with Crippen LogP contribution in [0.3, 0.4) is 0 Å². The predicted molar refractivity (Wildman–Crippen MR) is 67.9 cm³/mol.